The van der Waals surface area contributed by atoms with Crippen LogP contribution in [-0.4, -0.2) is 12.3 Å². The summed E-state index contributed by atoms with van der Waals surface area (Å²) < 4.78 is 0. The van der Waals surface area contributed by atoms with Gasteiger partial charge < -0.3 is 5.73 Å². The predicted molar refractivity (Wildman–Crippen MR) is 83.7 cm³/mol. The average Bonchev–Trinajstić information content (AvgIpc) is 2.49. The highest BCUT2D eigenvalue weighted by Crippen LogP contribution is 2.39. The molecule has 1 aliphatic rings. The summed E-state index contributed by atoms with van der Waals surface area (Å²) in [7, 11) is 0. The molecule has 0 bridgehead atoms. The van der Waals surface area contributed by atoms with E-state index in [9.17, 15) is 4.79 Å². The Morgan fingerprint density at radius 3 is 2.25 bits per heavy atom. The molecule has 1 aromatic rings. The van der Waals surface area contributed by atoms with Crippen molar-refractivity contribution < 1.29 is 4.79 Å². The van der Waals surface area contributed by atoms with Gasteiger partial charge >= 0.3 is 0 Å². The number of ketones is 1. The SMILES string of the molecule is CCc1ccc(CC(=O)C2(CN)CCC(C)CC2)cc1. The first-order valence-electron chi connectivity index (χ1n) is 7.91. The Labute approximate surface area is 122 Å². The van der Waals surface area contributed by atoms with Gasteiger partial charge in [0.25, 0.3) is 0 Å². The lowest BCUT2D eigenvalue weighted by molar-refractivity contribution is -0.129. The van der Waals surface area contributed by atoms with Crippen LogP contribution in [0.1, 0.15) is 50.7 Å². The molecule has 0 heterocycles. The van der Waals surface area contributed by atoms with Crippen molar-refractivity contribution in [2.75, 3.05) is 6.54 Å². The van der Waals surface area contributed by atoms with E-state index >= 15 is 0 Å². The molecule has 2 nitrogen and oxygen atoms in total. The van der Waals surface area contributed by atoms with E-state index in [-0.39, 0.29) is 5.41 Å². The van der Waals surface area contributed by atoms with Gasteiger partial charge in [0, 0.05) is 18.4 Å². The number of aryl methyl sites for hydroxylation is 1. The van der Waals surface area contributed by atoms with Gasteiger partial charge in [0.1, 0.15) is 5.78 Å². The van der Waals surface area contributed by atoms with E-state index in [1.807, 2.05) is 0 Å². The summed E-state index contributed by atoms with van der Waals surface area (Å²) in [6.07, 6.45) is 5.79. The van der Waals surface area contributed by atoms with Crippen LogP contribution < -0.4 is 5.73 Å². The quantitative estimate of drug-likeness (QED) is 0.892. The van der Waals surface area contributed by atoms with Gasteiger partial charge in [0.15, 0.2) is 0 Å². The van der Waals surface area contributed by atoms with Crippen LogP contribution >= 0.6 is 0 Å². The number of carbonyl (C=O) groups is 1. The van der Waals surface area contributed by atoms with Crippen LogP contribution in [0.4, 0.5) is 0 Å². The van der Waals surface area contributed by atoms with E-state index in [2.05, 4.69) is 38.1 Å². The molecule has 2 heteroatoms. The van der Waals surface area contributed by atoms with Crippen molar-refractivity contribution in [1.82, 2.24) is 0 Å². The monoisotopic (exact) mass is 273 g/mol. The van der Waals surface area contributed by atoms with Crippen molar-refractivity contribution in [3.63, 3.8) is 0 Å². The Balaban J connectivity index is 2.05. The number of carbonyl (C=O) groups excluding carboxylic acids is 1. The number of Topliss-reactive ketones (excluding diaryl/α,β-unsaturated/α-hetero) is 1. The number of rotatable bonds is 5. The minimum Gasteiger partial charge on any atom is -0.329 e. The molecule has 20 heavy (non-hydrogen) atoms. The van der Waals surface area contributed by atoms with Gasteiger partial charge in [-0.15, -0.1) is 0 Å². The van der Waals surface area contributed by atoms with Crippen molar-refractivity contribution in [3.8, 4) is 0 Å². The largest absolute Gasteiger partial charge is 0.329 e. The van der Waals surface area contributed by atoms with Crippen molar-refractivity contribution in [2.24, 2.45) is 17.1 Å². The average molecular weight is 273 g/mol. The third-order valence-electron chi connectivity index (χ3n) is 5.01. The minimum absolute atomic E-state index is 0.254. The lowest BCUT2D eigenvalue weighted by atomic mass is 9.67. The van der Waals surface area contributed by atoms with Crippen molar-refractivity contribution in [3.05, 3.63) is 35.4 Å². The summed E-state index contributed by atoms with van der Waals surface area (Å²) in [5, 5.41) is 0. The molecular weight excluding hydrogens is 246 g/mol. The zero-order chi connectivity index (χ0) is 14.6. The molecule has 0 unspecified atom stereocenters. The van der Waals surface area contributed by atoms with Gasteiger partial charge in [-0.25, -0.2) is 0 Å². The first-order valence-corrected chi connectivity index (χ1v) is 7.91. The molecule has 0 amide bonds. The Hall–Kier alpha value is -1.15. The van der Waals surface area contributed by atoms with Crippen molar-refractivity contribution in [2.45, 2.75) is 52.4 Å². The number of hydrogen-bond donors (Lipinski definition) is 1. The highest BCUT2D eigenvalue weighted by Gasteiger charge is 2.39. The summed E-state index contributed by atoms with van der Waals surface area (Å²) in [6.45, 7) is 4.92. The van der Waals surface area contributed by atoms with E-state index in [1.54, 1.807) is 0 Å². The van der Waals surface area contributed by atoms with E-state index in [1.165, 1.54) is 5.56 Å². The number of hydrogen-bond acceptors (Lipinski definition) is 2. The van der Waals surface area contributed by atoms with E-state index in [0.29, 0.717) is 18.7 Å². The second kappa shape index (κ2) is 6.53. The standard InChI is InChI=1S/C18H27NO/c1-3-15-4-6-16(7-5-15)12-17(20)18(13-19)10-8-14(2)9-11-18/h4-7,14H,3,8-13,19H2,1-2H3. The smallest absolute Gasteiger partial charge is 0.144 e. The third kappa shape index (κ3) is 3.29. The summed E-state index contributed by atoms with van der Waals surface area (Å²) in [4.78, 5) is 12.7. The topological polar surface area (TPSA) is 43.1 Å². The number of nitrogens with two attached hydrogens (primary N) is 1. The van der Waals surface area contributed by atoms with Crippen LogP contribution in [0.25, 0.3) is 0 Å². The predicted octanol–water partition coefficient (Wildman–Crippen LogP) is 3.52. The van der Waals surface area contributed by atoms with Crippen LogP contribution in [0.3, 0.4) is 0 Å². The fourth-order valence-electron chi connectivity index (χ4n) is 3.18. The third-order valence-corrected chi connectivity index (χ3v) is 5.01. The highest BCUT2D eigenvalue weighted by atomic mass is 16.1. The van der Waals surface area contributed by atoms with Gasteiger partial charge in [-0.1, -0.05) is 38.1 Å². The van der Waals surface area contributed by atoms with Gasteiger partial charge in [0.2, 0.25) is 0 Å². The second-order valence-electron chi connectivity index (χ2n) is 6.44. The Bertz CT molecular complexity index is 441. The summed E-state index contributed by atoms with van der Waals surface area (Å²) in [5.74, 6) is 1.09. The molecule has 0 spiro atoms. The molecule has 1 fully saturated rings. The van der Waals surface area contributed by atoms with Crippen LogP contribution in [0.5, 0.6) is 0 Å². The number of benzene rings is 1. The lowest BCUT2D eigenvalue weighted by Gasteiger charge is -2.37. The Kier molecular flexibility index (Phi) is 4.98. The van der Waals surface area contributed by atoms with E-state index in [0.717, 1.165) is 43.6 Å². The molecule has 2 N–H and O–H groups in total. The molecule has 0 aromatic heterocycles. The Morgan fingerprint density at radius 1 is 1.20 bits per heavy atom. The van der Waals surface area contributed by atoms with Crippen molar-refractivity contribution >= 4 is 5.78 Å². The first kappa shape index (κ1) is 15.2. The molecule has 2 rings (SSSR count). The second-order valence-corrected chi connectivity index (χ2v) is 6.44. The summed E-state index contributed by atoms with van der Waals surface area (Å²) >= 11 is 0. The molecule has 1 aromatic carbocycles. The normalized spacial score (nSPS) is 26.4. The van der Waals surface area contributed by atoms with Gasteiger partial charge in [-0.3, -0.25) is 4.79 Å². The molecule has 0 atom stereocenters. The van der Waals surface area contributed by atoms with Crippen LogP contribution in [0, 0.1) is 11.3 Å². The van der Waals surface area contributed by atoms with Crippen LogP contribution in [-0.2, 0) is 17.6 Å². The molecule has 0 aliphatic heterocycles. The molecule has 0 radical (unpaired) electrons. The summed E-state index contributed by atoms with van der Waals surface area (Å²) in [5.41, 5.74) is 8.15. The Morgan fingerprint density at radius 2 is 1.75 bits per heavy atom. The molecular formula is C18H27NO. The van der Waals surface area contributed by atoms with Crippen LogP contribution in [0.2, 0.25) is 0 Å². The molecule has 1 aliphatic carbocycles. The highest BCUT2D eigenvalue weighted by molar-refractivity contribution is 5.87. The van der Waals surface area contributed by atoms with Gasteiger partial charge in [-0.2, -0.15) is 0 Å². The fourth-order valence-corrected chi connectivity index (χ4v) is 3.18. The van der Waals surface area contributed by atoms with Crippen molar-refractivity contribution in [1.29, 1.82) is 0 Å². The molecule has 0 saturated heterocycles. The maximum Gasteiger partial charge on any atom is 0.144 e. The van der Waals surface area contributed by atoms with E-state index in [4.69, 9.17) is 5.73 Å². The zero-order valence-corrected chi connectivity index (χ0v) is 12.8. The van der Waals surface area contributed by atoms with Gasteiger partial charge in [-0.05, 0) is 49.1 Å². The summed E-state index contributed by atoms with van der Waals surface area (Å²) in [6, 6.07) is 8.43. The van der Waals surface area contributed by atoms with E-state index < -0.39 is 0 Å². The maximum absolute atomic E-state index is 12.7. The van der Waals surface area contributed by atoms with Gasteiger partial charge in [0.05, 0.1) is 0 Å². The lowest BCUT2D eigenvalue weighted by Crippen LogP contribution is -2.42. The minimum atomic E-state index is -0.254. The van der Waals surface area contributed by atoms with Crippen LogP contribution in [0.15, 0.2) is 24.3 Å². The molecule has 1 saturated carbocycles. The maximum atomic E-state index is 12.7. The first-order chi connectivity index (χ1) is 9.59. The zero-order valence-electron chi connectivity index (χ0n) is 12.8. The fraction of sp³-hybridized carbons (Fsp3) is 0.611. The molecule has 110 valence electrons.